The fourth-order valence-corrected chi connectivity index (χ4v) is 1.92. The molecule has 1 aromatic carbocycles. The predicted molar refractivity (Wildman–Crippen MR) is 64.0 cm³/mol. The Morgan fingerprint density at radius 3 is 2.71 bits per heavy atom. The average molecular weight is 307 g/mol. The van der Waals surface area contributed by atoms with E-state index in [2.05, 4.69) is 15.9 Å². The number of Topliss-reactive ketones (excluding diaryl/α,β-unsaturated/α-hetero) is 1. The van der Waals surface area contributed by atoms with E-state index >= 15 is 0 Å². The van der Waals surface area contributed by atoms with E-state index in [1.54, 1.807) is 14.0 Å². The first kappa shape index (κ1) is 14.3. The van der Waals surface area contributed by atoms with Crippen LogP contribution in [0, 0.1) is 17.6 Å². The summed E-state index contributed by atoms with van der Waals surface area (Å²) in [5.74, 6) is -2.53. The predicted octanol–water partition coefficient (Wildman–Crippen LogP) is 3.58. The van der Waals surface area contributed by atoms with Gasteiger partial charge in [0.1, 0.15) is 0 Å². The van der Waals surface area contributed by atoms with E-state index in [9.17, 15) is 13.6 Å². The summed E-state index contributed by atoms with van der Waals surface area (Å²) in [6.45, 7) is 2.18. The Hall–Kier alpha value is -0.810. The second kappa shape index (κ2) is 6.21. The highest BCUT2D eigenvalue weighted by atomic mass is 79.9. The number of halogens is 3. The summed E-state index contributed by atoms with van der Waals surface area (Å²) in [6, 6.07) is 2.24. The summed E-state index contributed by atoms with van der Waals surface area (Å²) in [5.41, 5.74) is 0.160. The Kier molecular flexibility index (Phi) is 5.21. The van der Waals surface area contributed by atoms with Gasteiger partial charge in [-0.3, -0.25) is 4.79 Å². The largest absolute Gasteiger partial charge is 0.385 e. The lowest BCUT2D eigenvalue weighted by Crippen LogP contribution is -2.14. The second-order valence-corrected chi connectivity index (χ2v) is 4.56. The van der Waals surface area contributed by atoms with Gasteiger partial charge >= 0.3 is 0 Å². The maximum absolute atomic E-state index is 13.3. The van der Waals surface area contributed by atoms with Gasteiger partial charge in [0.05, 0.1) is 4.47 Å². The van der Waals surface area contributed by atoms with Crippen LogP contribution in [0.3, 0.4) is 0 Å². The van der Waals surface area contributed by atoms with Crippen molar-refractivity contribution in [1.29, 1.82) is 0 Å². The smallest absolute Gasteiger partial charge is 0.173 e. The molecule has 1 aromatic rings. The fraction of sp³-hybridized carbons (Fsp3) is 0.417. The van der Waals surface area contributed by atoms with E-state index in [0.29, 0.717) is 13.0 Å². The molecule has 0 amide bonds. The first-order valence-corrected chi connectivity index (χ1v) is 5.95. The molecule has 1 atom stereocenters. The number of benzene rings is 1. The van der Waals surface area contributed by atoms with Crippen LogP contribution in [0.2, 0.25) is 0 Å². The summed E-state index contributed by atoms with van der Waals surface area (Å²) in [5, 5.41) is 0. The van der Waals surface area contributed by atoms with Gasteiger partial charge in [-0.25, -0.2) is 8.78 Å². The van der Waals surface area contributed by atoms with E-state index < -0.39 is 11.6 Å². The molecule has 0 saturated heterocycles. The van der Waals surface area contributed by atoms with Gasteiger partial charge in [0.25, 0.3) is 0 Å². The minimum absolute atomic E-state index is 0.119. The summed E-state index contributed by atoms with van der Waals surface area (Å²) >= 11 is 2.90. The summed E-state index contributed by atoms with van der Waals surface area (Å²) < 4.78 is 30.9. The quantitative estimate of drug-likeness (QED) is 0.614. The van der Waals surface area contributed by atoms with E-state index in [-0.39, 0.29) is 21.7 Å². The number of carbonyl (C=O) groups excluding carboxylic acids is 1. The highest BCUT2D eigenvalue weighted by molar-refractivity contribution is 9.10. The minimum atomic E-state index is -1.03. The number of methoxy groups -OCH3 is 1. The Morgan fingerprint density at radius 1 is 1.47 bits per heavy atom. The Labute approximate surface area is 107 Å². The molecule has 0 aliphatic rings. The fourth-order valence-electron chi connectivity index (χ4n) is 1.41. The third-order valence-electron chi connectivity index (χ3n) is 2.50. The monoisotopic (exact) mass is 306 g/mol. The van der Waals surface area contributed by atoms with Crippen LogP contribution in [0.1, 0.15) is 23.7 Å². The first-order chi connectivity index (χ1) is 7.99. The van der Waals surface area contributed by atoms with Gasteiger partial charge < -0.3 is 4.74 Å². The van der Waals surface area contributed by atoms with E-state index in [1.165, 1.54) is 6.07 Å². The Balaban J connectivity index is 2.93. The van der Waals surface area contributed by atoms with Gasteiger partial charge in [0, 0.05) is 25.2 Å². The Morgan fingerprint density at radius 2 is 2.12 bits per heavy atom. The van der Waals surface area contributed by atoms with Gasteiger partial charge in [0.2, 0.25) is 0 Å². The molecule has 0 N–H and O–H groups in total. The molecule has 0 bridgehead atoms. The molecule has 0 radical (unpaired) electrons. The lowest BCUT2D eigenvalue weighted by Gasteiger charge is -2.11. The molecule has 0 heterocycles. The summed E-state index contributed by atoms with van der Waals surface area (Å²) in [7, 11) is 1.55. The minimum Gasteiger partial charge on any atom is -0.385 e. The van der Waals surface area contributed by atoms with Crippen molar-refractivity contribution < 1.29 is 18.3 Å². The number of ether oxygens (including phenoxy) is 1. The first-order valence-electron chi connectivity index (χ1n) is 5.15. The lowest BCUT2D eigenvalue weighted by atomic mass is 9.96. The molecule has 1 unspecified atom stereocenters. The summed E-state index contributed by atoms with van der Waals surface area (Å²) in [4.78, 5) is 12.0. The molecule has 0 fully saturated rings. The second-order valence-electron chi connectivity index (χ2n) is 3.77. The lowest BCUT2D eigenvalue weighted by molar-refractivity contribution is 0.0892. The van der Waals surface area contributed by atoms with Crippen LogP contribution in [-0.4, -0.2) is 19.5 Å². The molecular formula is C12H13BrF2O2. The van der Waals surface area contributed by atoms with Crippen molar-refractivity contribution in [3.05, 3.63) is 33.8 Å². The van der Waals surface area contributed by atoms with Crippen molar-refractivity contribution in [3.63, 3.8) is 0 Å². The normalized spacial score (nSPS) is 12.5. The zero-order valence-corrected chi connectivity index (χ0v) is 11.2. The van der Waals surface area contributed by atoms with Gasteiger partial charge in [-0.1, -0.05) is 6.92 Å². The van der Waals surface area contributed by atoms with Crippen LogP contribution < -0.4 is 0 Å². The third-order valence-corrected chi connectivity index (χ3v) is 3.28. The molecule has 0 spiro atoms. The van der Waals surface area contributed by atoms with Crippen LogP contribution in [0.25, 0.3) is 0 Å². The molecule has 5 heteroatoms. The number of ketones is 1. The van der Waals surface area contributed by atoms with Crippen molar-refractivity contribution >= 4 is 21.7 Å². The zero-order valence-electron chi connectivity index (χ0n) is 9.60. The molecule has 2 nitrogen and oxygen atoms in total. The zero-order chi connectivity index (χ0) is 13.0. The molecule has 94 valence electrons. The number of hydrogen-bond donors (Lipinski definition) is 0. The molecule has 1 rings (SSSR count). The number of hydrogen-bond acceptors (Lipinski definition) is 2. The average Bonchev–Trinajstić information content (AvgIpc) is 2.32. The molecule has 0 aliphatic carbocycles. The van der Waals surface area contributed by atoms with Gasteiger partial charge in [-0.15, -0.1) is 0 Å². The highest BCUT2D eigenvalue weighted by Crippen LogP contribution is 2.25. The van der Waals surface area contributed by atoms with Crippen molar-refractivity contribution in [2.24, 2.45) is 5.92 Å². The number of carbonyl (C=O) groups is 1. The van der Waals surface area contributed by atoms with Crippen LogP contribution in [-0.2, 0) is 4.74 Å². The molecule has 0 aromatic heterocycles. The van der Waals surface area contributed by atoms with Crippen molar-refractivity contribution in [2.75, 3.05) is 13.7 Å². The van der Waals surface area contributed by atoms with Gasteiger partial charge in [0.15, 0.2) is 17.4 Å². The maximum Gasteiger partial charge on any atom is 0.173 e. The van der Waals surface area contributed by atoms with Gasteiger partial charge in [-0.2, -0.15) is 0 Å². The molecule has 17 heavy (non-hydrogen) atoms. The summed E-state index contributed by atoms with van der Waals surface area (Å²) in [6.07, 6.45) is 0.542. The molecular weight excluding hydrogens is 294 g/mol. The topological polar surface area (TPSA) is 26.3 Å². The number of rotatable bonds is 5. The van der Waals surface area contributed by atoms with E-state index in [1.807, 2.05) is 0 Å². The van der Waals surface area contributed by atoms with Crippen LogP contribution in [0.4, 0.5) is 8.78 Å². The standard InChI is InChI=1S/C12H13BrF2O2/c1-7(5-6-17-2)12(16)8-3-4-9(14)11(15)10(8)13/h3-4,7H,5-6H2,1-2H3. The molecule has 0 saturated carbocycles. The van der Waals surface area contributed by atoms with Crippen molar-refractivity contribution in [3.8, 4) is 0 Å². The van der Waals surface area contributed by atoms with Crippen molar-refractivity contribution in [1.82, 2.24) is 0 Å². The van der Waals surface area contributed by atoms with Crippen LogP contribution in [0.15, 0.2) is 16.6 Å². The molecule has 0 aliphatic heterocycles. The van der Waals surface area contributed by atoms with E-state index in [4.69, 9.17) is 4.74 Å². The van der Waals surface area contributed by atoms with Crippen molar-refractivity contribution in [2.45, 2.75) is 13.3 Å². The highest BCUT2D eigenvalue weighted by Gasteiger charge is 2.21. The van der Waals surface area contributed by atoms with E-state index in [0.717, 1.165) is 6.07 Å². The Bertz CT molecular complexity index is 421. The van der Waals surface area contributed by atoms with Gasteiger partial charge in [-0.05, 0) is 34.5 Å². The maximum atomic E-state index is 13.3. The van der Waals surface area contributed by atoms with Crippen LogP contribution in [0.5, 0.6) is 0 Å². The SMILES string of the molecule is COCCC(C)C(=O)c1ccc(F)c(F)c1Br. The third kappa shape index (κ3) is 3.33. The van der Waals surface area contributed by atoms with Crippen LogP contribution >= 0.6 is 15.9 Å².